The summed E-state index contributed by atoms with van der Waals surface area (Å²) in [7, 11) is 0. The molecule has 1 fully saturated rings. The number of rotatable bonds is 5. The highest BCUT2D eigenvalue weighted by molar-refractivity contribution is 5.80. The van der Waals surface area contributed by atoms with E-state index in [9.17, 15) is 0 Å². The standard InChI is InChI=1S/C18H34N4O/c1-6-19-17(21-16-9-7-8-10-16)20-13-18(4,5)22-11-14(2)23-15(3)12-22/h7-8,14-16H,6,9-13H2,1-5H3,(H2,19,20,21). The molecule has 2 unspecified atom stereocenters. The van der Waals surface area contributed by atoms with Gasteiger partial charge < -0.3 is 15.4 Å². The highest BCUT2D eigenvalue weighted by atomic mass is 16.5. The minimum absolute atomic E-state index is 0.0303. The van der Waals surface area contributed by atoms with Crippen LogP contribution in [0.3, 0.4) is 0 Å². The van der Waals surface area contributed by atoms with Crippen LogP contribution in [-0.4, -0.2) is 60.8 Å². The van der Waals surface area contributed by atoms with E-state index in [1.807, 2.05) is 0 Å². The van der Waals surface area contributed by atoms with Crippen molar-refractivity contribution < 1.29 is 4.74 Å². The van der Waals surface area contributed by atoms with Crippen LogP contribution in [0.1, 0.15) is 47.5 Å². The molecule has 1 aliphatic heterocycles. The van der Waals surface area contributed by atoms with Crippen LogP contribution in [0.2, 0.25) is 0 Å². The lowest BCUT2D eigenvalue weighted by molar-refractivity contribution is -0.0939. The third kappa shape index (κ3) is 5.50. The van der Waals surface area contributed by atoms with E-state index in [0.717, 1.165) is 45.0 Å². The van der Waals surface area contributed by atoms with E-state index < -0.39 is 0 Å². The van der Waals surface area contributed by atoms with Crippen molar-refractivity contribution in [3.8, 4) is 0 Å². The minimum atomic E-state index is 0.0303. The maximum Gasteiger partial charge on any atom is 0.191 e. The fourth-order valence-corrected chi connectivity index (χ4v) is 3.29. The Balaban J connectivity index is 1.95. The van der Waals surface area contributed by atoms with Gasteiger partial charge in [0.2, 0.25) is 0 Å². The number of nitrogens with one attached hydrogen (secondary N) is 2. The summed E-state index contributed by atoms with van der Waals surface area (Å²) in [6, 6.07) is 0.486. The molecule has 0 spiro atoms. The normalized spacial score (nSPS) is 27.4. The zero-order valence-corrected chi connectivity index (χ0v) is 15.4. The number of morpholine rings is 1. The quantitative estimate of drug-likeness (QED) is 0.463. The lowest BCUT2D eigenvalue weighted by Crippen LogP contribution is -2.56. The number of nitrogens with zero attached hydrogens (tertiary/aromatic N) is 2. The van der Waals surface area contributed by atoms with Crippen LogP contribution in [-0.2, 0) is 4.74 Å². The first kappa shape index (κ1) is 18.3. The summed E-state index contributed by atoms with van der Waals surface area (Å²) in [5.74, 6) is 0.934. The van der Waals surface area contributed by atoms with E-state index in [-0.39, 0.29) is 17.7 Å². The summed E-state index contributed by atoms with van der Waals surface area (Å²) in [6.45, 7) is 14.6. The molecule has 2 N–H and O–H groups in total. The van der Waals surface area contributed by atoms with E-state index in [0.29, 0.717) is 6.04 Å². The Labute approximate surface area is 141 Å². The van der Waals surface area contributed by atoms with Gasteiger partial charge in [0, 0.05) is 31.2 Å². The molecule has 23 heavy (non-hydrogen) atoms. The van der Waals surface area contributed by atoms with E-state index in [1.54, 1.807) is 0 Å². The second kappa shape index (κ2) is 8.15. The lowest BCUT2D eigenvalue weighted by Gasteiger charge is -2.44. The van der Waals surface area contributed by atoms with Crippen molar-refractivity contribution in [2.24, 2.45) is 4.99 Å². The first-order chi connectivity index (χ1) is 10.9. The highest BCUT2D eigenvalue weighted by Crippen LogP contribution is 2.21. The third-order valence-corrected chi connectivity index (χ3v) is 4.59. The summed E-state index contributed by atoms with van der Waals surface area (Å²) >= 11 is 0. The smallest absolute Gasteiger partial charge is 0.191 e. The van der Waals surface area contributed by atoms with Gasteiger partial charge in [-0.15, -0.1) is 0 Å². The van der Waals surface area contributed by atoms with Gasteiger partial charge in [-0.25, -0.2) is 0 Å². The van der Waals surface area contributed by atoms with Gasteiger partial charge >= 0.3 is 0 Å². The van der Waals surface area contributed by atoms with E-state index in [2.05, 4.69) is 62.3 Å². The molecule has 2 rings (SSSR count). The average molecular weight is 322 g/mol. The van der Waals surface area contributed by atoms with Gasteiger partial charge in [0.1, 0.15) is 0 Å². The largest absolute Gasteiger partial charge is 0.373 e. The second-order valence-corrected chi connectivity index (χ2v) is 7.45. The fraction of sp³-hybridized carbons (Fsp3) is 0.833. The highest BCUT2D eigenvalue weighted by Gasteiger charge is 2.33. The molecule has 0 aromatic rings. The maximum absolute atomic E-state index is 5.86. The molecule has 1 heterocycles. The number of hydrogen-bond donors (Lipinski definition) is 2. The Hall–Kier alpha value is -1.07. The first-order valence-electron chi connectivity index (χ1n) is 9.01. The van der Waals surface area contributed by atoms with Gasteiger partial charge in [-0.2, -0.15) is 0 Å². The van der Waals surface area contributed by atoms with Crippen molar-refractivity contribution in [3.63, 3.8) is 0 Å². The van der Waals surface area contributed by atoms with Crippen molar-refractivity contribution in [1.29, 1.82) is 0 Å². The van der Waals surface area contributed by atoms with Crippen molar-refractivity contribution in [2.45, 2.75) is 71.2 Å². The number of aliphatic imine (C=N–C) groups is 1. The Kier molecular flexibility index (Phi) is 6.48. The van der Waals surface area contributed by atoms with E-state index in [4.69, 9.17) is 9.73 Å². The van der Waals surface area contributed by atoms with E-state index >= 15 is 0 Å². The van der Waals surface area contributed by atoms with Crippen LogP contribution in [0.25, 0.3) is 0 Å². The predicted octanol–water partition coefficient (Wildman–Crippen LogP) is 2.15. The molecule has 1 aliphatic carbocycles. The molecule has 5 nitrogen and oxygen atoms in total. The third-order valence-electron chi connectivity index (χ3n) is 4.59. The van der Waals surface area contributed by atoms with Crippen LogP contribution in [0.15, 0.2) is 17.1 Å². The summed E-state index contributed by atoms with van der Waals surface area (Å²) in [5.41, 5.74) is 0.0303. The molecular formula is C18H34N4O. The maximum atomic E-state index is 5.86. The summed E-state index contributed by atoms with van der Waals surface area (Å²) in [6.07, 6.45) is 7.23. The summed E-state index contributed by atoms with van der Waals surface area (Å²) in [5, 5.41) is 6.91. The molecule has 0 radical (unpaired) electrons. The van der Waals surface area contributed by atoms with Gasteiger partial charge in [-0.3, -0.25) is 9.89 Å². The van der Waals surface area contributed by atoms with Crippen LogP contribution in [0.5, 0.6) is 0 Å². The molecule has 0 aromatic carbocycles. The molecule has 132 valence electrons. The number of hydrogen-bond acceptors (Lipinski definition) is 3. The Morgan fingerprint density at radius 1 is 1.22 bits per heavy atom. The van der Waals surface area contributed by atoms with Crippen molar-refractivity contribution in [1.82, 2.24) is 15.5 Å². The second-order valence-electron chi connectivity index (χ2n) is 7.45. The average Bonchev–Trinajstić information content (AvgIpc) is 2.97. The zero-order valence-electron chi connectivity index (χ0n) is 15.4. The monoisotopic (exact) mass is 322 g/mol. The van der Waals surface area contributed by atoms with Crippen molar-refractivity contribution in [2.75, 3.05) is 26.2 Å². The predicted molar refractivity (Wildman–Crippen MR) is 96.9 cm³/mol. The van der Waals surface area contributed by atoms with Gasteiger partial charge in [-0.1, -0.05) is 12.2 Å². The van der Waals surface area contributed by atoms with Gasteiger partial charge in [0.05, 0.1) is 18.8 Å². The van der Waals surface area contributed by atoms with Gasteiger partial charge in [-0.05, 0) is 47.5 Å². The number of ether oxygens (including phenoxy) is 1. The topological polar surface area (TPSA) is 48.9 Å². The Bertz CT molecular complexity index is 415. The number of guanidine groups is 1. The fourth-order valence-electron chi connectivity index (χ4n) is 3.29. The van der Waals surface area contributed by atoms with Crippen molar-refractivity contribution in [3.05, 3.63) is 12.2 Å². The molecule has 0 amide bonds. The van der Waals surface area contributed by atoms with Gasteiger partial charge in [0.15, 0.2) is 5.96 Å². The Morgan fingerprint density at radius 2 is 1.83 bits per heavy atom. The molecule has 0 saturated carbocycles. The van der Waals surface area contributed by atoms with Crippen LogP contribution in [0, 0.1) is 0 Å². The molecule has 0 bridgehead atoms. The first-order valence-corrected chi connectivity index (χ1v) is 9.01. The Morgan fingerprint density at radius 3 is 2.39 bits per heavy atom. The van der Waals surface area contributed by atoms with Crippen molar-refractivity contribution >= 4 is 5.96 Å². The van der Waals surface area contributed by atoms with Crippen LogP contribution >= 0.6 is 0 Å². The SMILES string of the molecule is CCNC(=NCC(C)(C)N1CC(C)OC(C)C1)NC1CC=CC1. The van der Waals surface area contributed by atoms with E-state index in [1.165, 1.54) is 0 Å². The molecule has 5 heteroatoms. The van der Waals surface area contributed by atoms with Gasteiger partial charge in [0.25, 0.3) is 0 Å². The van der Waals surface area contributed by atoms with Crippen LogP contribution < -0.4 is 10.6 Å². The molecule has 0 aromatic heterocycles. The molecule has 2 atom stereocenters. The summed E-state index contributed by atoms with van der Waals surface area (Å²) < 4.78 is 5.86. The molecular weight excluding hydrogens is 288 g/mol. The van der Waals surface area contributed by atoms with Crippen LogP contribution in [0.4, 0.5) is 0 Å². The zero-order chi connectivity index (χ0) is 16.9. The molecule has 1 saturated heterocycles. The molecule has 2 aliphatic rings. The minimum Gasteiger partial charge on any atom is -0.373 e. The summed E-state index contributed by atoms with van der Waals surface area (Å²) in [4.78, 5) is 7.37. The lowest BCUT2D eigenvalue weighted by atomic mass is 10.0.